The first-order valence-electron chi connectivity index (χ1n) is 11.2. The van der Waals surface area contributed by atoms with E-state index in [0.717, 1.165) is 24.0 Å². The maximum atomic E-state index is 12.7. The molecule has 0 aromatic heterocycles. The van der Waals surface area contributed by atoms with Crippen molar-refractivity contribution in [2.45, 2.75) is 26.5 Å². The quantitative estimate of drug-likeness (QED) is 0.162. The number of nitrogens with zero attached hydrogens (tertiary/aromatic N) is 2. The average Bonchev–Trinajstić information content (AvgIpc) is 2.87. The molecule has 0 radical (unpaired) electrons. The Kier molecular flexibility index (Phi) is 10.7. The van der Waals surface area contributed by atoms with Crippen molar-refractivity contribution in [3.63, 3.8) is 0 Å². The summed E-state index contributed by atoms with van der Waals surface area (Å²) in [6.45, 7) is 4.06. The number of nitriles is 1. The molecule has 1 unspecified atom stereocenters. The number of hydrogen-bond donors (Lipinski definition) is 2. The van der Waals surface area contributed by atoms with E-state index in [1.54, 1.807) is 42.6 Å². The number of halogens is 3. The maximum absolute atomic E-state index is 12.7. The van der Waals surface area contributed by atoms with Gasteiger partial charge in [-0.15, -0.1) is 0 Å². The Morgan fingerprint density at radius 2 is 1.70 bits per heavy atom. The molecule has 0 fully saturated rings. The van der Waals surface area contributed by atoms with E-state index in [-0.39, 0.29) is 11.8 Å². The first kappa shape index (κ1) is 28.9. The van der Waals surface area contributed by atoms with Crippen LogP contribution in [0.15, 0.2) is 65.8 Å². The van der Waals surface area contributed by atoms with Gasteiger partial charge in [-0.3, -0.25) is 9.59 Å². The van der Waals surface area contributed by atoms with Crippen LogP contribution >= 0.6 is 56.8 Å². The van der Waals surface area contributed by atoms with E-state index in [1.165, 1.54) is 0 Å². The zero-order valence-corrected chi connectivity index (χ0v) is 25.0. The molecule has 1 atom stereocenters. The van der Waals surface area contributed by atoms with Crippen molar-refractivity contribution in [3.05, 3.63) is 95.1 Å². The van der Waals surface area contributed by atoms with Gasteiger partial charge in [0, 0.05) is 10.6 Å². The average molecular weight is 741 g/mol. The number of ether oxygens (including phenoxy) is 1. The number of benzene rings is 3. The molecule has 37 heavy (non-hydrogen) atoms. The van der Waals surface area contributed by atoms with E-state index < -0.39 is 11.9 Å². The molecule has 3 aromatic rings. The Morgan fingerprint density at radius 3 is 2.27 bits per heavy atom. The maximum Gasteiger partial charge on any atom is 0.262 e. The highest BCUT2D eigenvalue weighted by Gasteiger charge is 2.24. The highest BCUT2D eigenvalue weighted by Crippen LogP contribution is 2.29. The van der Waals surface area contributed by atoms with Gasteiger partial charge in [0.15, 0.2) is 0 Å². The summed E-state index contributed by atoms with van der Waals surface area (Å²) in [5, 5.41) is 16.3. The summed E-state index contributed by atoms with van der Waals surface area (Å²) in [6.07, 6.45) is 1.55. The van der Waals surface area contributed by atoms with Gasteiger partial charge in [-0.05, 0) is 111 Å². The Balaban J connectivity index is 1.61. The van der Waals surface area contributed by atoms with Crippen LogP contribution in [0.3, 0.4) is 0 Å². The Hall–Kier alpha value is -2.69. The standard InChI is InChI=1S/C27H23ClI2N4O3/c1-16(2)24(33-26(35)20-7-9-21(28)10-8-20)27(36)34-32-14-19-11-22(29)25(23(30)12-19)37-15-18-5-3-17(13-31)4-6-18/h3-12,14,16,24H,15H2,1-2H3,(H,33,35)(H,34,36)/b32-14+. The van der Waals surface area contributed by atoms with E-state index in [1.807, 2.05) is 38.1 Å². The molecule has 2 N–H and O–H groups in total. The van der Waals surface area contributed by atoms with Crippen molar-refractivity contribution in [3.8, 4) is 11.8 Å². The third-order valence-corrected chi connectivity index (χ3v) is 7.07. The molecule has 0 aliphatic heterocycles. The summed E-state index contributed by atoms with van der Waals surface area (Å²) in [7, 11) is 0. The molecule has 190 valence electrons. The van der Waals surface area contributed by atoms with Gasteiger partial charge in [0.05, 0.1) is 25.0 Å². The van der Waals surface area contributed by atoms with E-state index in [2.05, 4.69) is 67.1 Å². The van der Waals surface area contributed by atoms with Crippen molar-refractivity contribution in [1.82, 2.24) is 10.7 Å². The van der Waals surface area contributed by atoms with E-state index in [0.29, 0.717) is 22.8 Å². The lowest BCUT2D eigenvalue weighted by Gasteiger charge is -2.20. The molecule has 10 heteroatoms. The predicted molar refractivity (Wildman–Crippen MR) is 161 cm³/mol. The zero-order chi connectivity index (χ0) is 26.9. The molecule has 3 aromatic carbocycles. The SMILES string of the molecule is CC(C)C(NC(=O)c1ccc(Cl)cc1)C(=O)N/N=C/c1cc(I)c(OCc2ccc(C#N)cc2)c(I)c1. The van der Waals surface area contributed by atoms with Crippen LogP contribution < -0.4 is 15.5 Å². The van der Waals surface area contributed by atoms with Crippen LogP contribution in [-0.2, 0) is 11.4 Å². The minimum absolute atomic E-state index is 0.152. The van der Waals surface area contributed by atoms with E-state index >= 15 is 0 Å². The van der Waals surface area contributed by atoms with Crippen molar-refractivity contribution in [2.24, 2.45) is 11.0 Å². The topological polar surface area (TPSA) is 104 Å². The fourth-order valence-electron chi connectivity index (χ4n) is 3.22. The number of amides is 2. The van der Waals surface area contributed by atoms with Gasteiger partial charge < -0.3 is 10.1 Å². The largest absolute Gasteiger partial charge is 0.487 e. The van der Waals surface area contributed by atoms with Crippen LogP contribution in [-0.4, -0.2) is 24.1 Å². The number of carbonyl (C=O) groups is 2. The lowest BCUT2D eigenvalue weighted by Crippen LogP contribution is -2.48. The van der Waals surface area contributed by atoms with Crippen LogP contribution in [0.1, 0.15) is 40.9 Å². The fraction of sp³-hybridized carbons (Fsp3) is 0.185. The molecule has 0 aliphatic carbocycles. The van der Waals surface area contributed by atoms with Crippen LogP contribution in [0.4, 0.5) is 0 Å². The van der Waals surface area contributed by atoms with Gasteiger partial charge in [0.1, 0.15) is 18.4 Å². The molecule has 7 nitrogen and oxygen atoms in total. The van der Waals surface area contributed by atoms with E-state index in [9.17, 15) is 9.59 Å². The monoisotopic (exact) mass is 740 g/mol. The zero-order valence-electron chi connectivity index (χ0n) is 20.0. The third kappa shape index (κ3) is 8.41. The number of rotatable bonds is 9. The molecule has 0 saturated carbocycles. The summed E-state index contributed by atoms with van der Waals surface area (Å²) in [6, 6.07) is 18.8. The molecular formula is C27H23ClI2N4O3. The second kappa shape index (κ2) is 13.7. The normalized spacial score (nSPS) is 11.7. The molecule has 0 saturated heterocycles. The highest BCUT2D eigenvalue weighted by atomic mass is 127. The second-order valence-corrected chi connectivity index (χ2v) is 11.1. The van der Waals surface area contributed by atoms with Crippen LogP contribution in [0.2, 0.25) is 5.02 Å². The molecule has 2 amide bonds. The molecule has 0 spiro atoms. The third-order valence-electron chi connectivity index (χ3n) is 5.22. The second-order valence-electron chi connectivity index (χ2n) is 8.35. The summed E-state index contributed by atoms with van der Waals surface area (Å²) in [4.78, 5) is 25.3. The summed E-state index contributed by atoms with van der Waals surface area (Å²) in [5.41, 5.74) is 5.28. The van der Waals surface area contributed by atoms with Crippen molar-refractivity contribution < 1.29 is 14.3 Å². The highest BCUT2D eigenvalue weighted by molar-refractivity contribution is 14.1. The number of carbonyl (C=O) groups excluding carboxylic acids is 2. The summed E-state index contributed by atoms with van der Waals surface area (Å²) in [5.74, 6) is -0.187. The molecule has 3 rings (SSSR count). The number of nitrogens with one attached hydrogen (secondary N) is 2. The Bertz CT molecular complexity index is 1310. The lowest BCUT2D eigenvalue weighted by molar-refractivity contribution is -0.123. The van der Waals surface area contributed by atoms with Crippen molar-refractivity contribution >= 4 is 74.8 Å². The van der Waals surface area contributed by atoms with Gasteiger partial charge in [0.2, 0.25) is 0 Å². The summed E-state index contributed by atoms with van der Waals surface area (Å²) < 4.78 is 7.78. The van der Waals surface area contributed by atoms with Crippen molar-refractivity contribution in [1.29, 1.82) is 5.26 Å². The molecule has 0 heterocycles. The van der Waals surface area contributed by atoms with Gasteiger partial charge in [-0.25, -0.2) is 5.43 Å². The molecule has 0 aliphatic rings. The van der Waals surface area contributed by atoms with Gasteiger partial charge in [-0.1, -0.05) is 37.6 Å². The molecular weight excluding hydrogens is 718 g/mol. The molecule has 0 bridgehead atoms. The van der Waals surface area contributed by atoms with Crippen molar-refractivity contribution in [2.75, 3.05) is 0 Å². The van der Waals surface area contributed by atoms with Gasteiger partial charge in [-0.2, -0.15) is 10.4 Å². The Labute approximate surface area is 247 Å². The fourth-order valence-corrected chi connectivity index (χ4v) is 5.48. The summed E-state index contributed by atoms with van der Waals surface area (Å²) >= 11 is 10.3. The van der Waals surface area contributed by atoms with Crippen LogP contribution in [0.25, 0.3) is 0 Å². The van der Waals surface area contributed by atoms with Gasteiger partial charge in [0.25, 0.3) is 11.8 Å². The predicted octanol–water partition coefficient (Wildman–Crippen LogP) is 5.90. The first-order valence-corrected chi connectivity index (χ1v) is 13.7. The Morgan fingerprint density at radius 1 is 1.08 bits per heavy atom. The first-order chi connectivity index (χ1) is 17.7. The van der Waals surface area contributed by atoms with E-state index in [4.69, 9.17) is 21.6 Å². The lowest BCUT2D eigenvalue weighted by atomic mass is 10.0. The minimum atomic E-state index is -0.765. The number of hydrazone groups is 1. The smallest absolute Gasteiger partial charge is 0.262 e. The van der Waals surface area contributed by atoms with Crippen LogP contribution in [0, 0.1) is 24.4 Å². The minimum Gasteiger partial charge on any atom is -0.487 e. The van der Waals surface area contributed by atoms with Crippen LogP contribution in [0.5, 0.6) is 5.75 Å². The van der Waals surface area contributed by atoms with Gasteiger partial charge >= 0.3 is 0 Å². The number of hydrogen-bond acceptors (Lipinski definition) is 5.